The van der Waals surface area contributed by atoms with Crippen molar-refractivity contribution in [1.82, 2.24) is 0 Å². The monoisotopic (exact) mass is 424 g/mol. The lowest BCUT2D eigenvalue weighted by atomic mass is 9.92. The molecular formula is C20H44N2O7. The first-order chi connectivity index (χ1) is 13.0. The lowest BCUT2D eigenvalue weighted by Crippen LogP contribution is -2.42. The zero-order chi connectivity index (χ0) is 20.4. The highest BCUT2D eigenvalue weighted by atomic mass is 16.5. The highest BCUT2D eigenvalue weighted by Gasteiger charge is 2.32. The molecule has 0 saturated carbocycles. The molecule has 0 aromatic heterocycles. The first-order valence-corrected chi connectivity index (χ1v) is 9.38. The van der Waals surface area contributed by atoms with Gasteiger partial charge in [-0.15, -0.1) is 0 Å². The minimum atomic E-state index is -0.920. The van der Waals surface area contributed by atoms with E-state index in [-0.39, 0.29) is 46.9 Å². The highest BCUT2D eigenvalue weighted by molar-refractivity contribution is 5.75. The quantitative estimate of drug-likeness (QED) is 0.247. The van der Waals surface area contributed by atoms with Crippen LogP contribution in [0, 0.1) is 5.41 Å². The number of ether oxygens (including phenoxy) is 4. The van der Waals surface area contributed by atoms with E-state index >= 15 is 0 Å². The third kappa shape index (κ3) is 20.0. The zero-order valence-electron chi connectivity index (χ0n) is 16.5. The van der Waals surface area contributed by atoms with E-state index in [0.717, 1.165) is 12.8 Å². The number of carboxylic acids is 1. The second-order valence-corrected chi connectivity index (χ2v) is 6.59. The van der Waals surface area contributed by atoms with Crippen molar-refractivity contribution in [3.63, 3.8) is 0 Å². The molecule has 0 aliphatic carbocycles. The maximum atomic E-state index is 11.1. The Kier molecular flexibility index (Phi) is 24.3. The third-order valence-corrected chi connectivity index (χ3v) is 3.68. The molecule has 9 heteroatoms. The van der Waals surface area contributed by atoms with Gasteiger partial charge in [0.1, 0.15) is 5.78 Å². The number of hydrogen-bond donors (Lipinski definition) is 3. The van der Waals surface area contributed by atoms with Crippen LogP contribution in [0.25, 0.3) is 0 Å². The number of carboxylic acid groups (broad SMARTS) is 1. The molecule has 9 nitrogen and oxygen atoms in total. The molecule has 0 aromatic carbocycles. The molecule has 29 heavy (non-hydrogen) atoms. The van der Waals surface area contributed by atoms with Gasteiger partial charge in [-0.2, -0.15) is 0 Å². The van der Waals surface area contributed by atoms with Gasteiger partial charge in [0.2, 0.25) is 0 Å². The minimum absolute atomic E-state index is 0. The number of ketones is 1. The number of hydrogen-bond acceptors (Lipinski definition) is 8. The summed E-state index contributed by atoms with van der Waals surface area (Å²) >= 11 is 0. The number of aliphatic carboxylic acids is 1. The van der Waals surface area contributed by atoms with Gasteiger partial charge in [0.25, 0.3) is 0 Å². The van der Waals surface area contributed by atoms with Crippen LogP contribution in [-0.4, -0.2) is 82.8 Å². The molecule has 176 valence electrons. The van der Waals surface area contributed by atoms with Crippen LogP contribution < -0.4 is 11.5 Å². The fourth-order valence-corrected chi connectivity index (χ4v) is 2.15. The molecule has 0 aromatic rings. The number of carbonyl (C=O) groups is 2. The molecule has 0 bridgehead atoms. The predicted octanol–water partition coefficient (Wildman–Crippen LogP) is 1.46. The van der Waals surface area contributed by atoms with Gasteiger partial charge in [-0.05, 0) is 32.9 Å². The van der Waals surface area contributed by atoms with Crippen molar-refractivity contribution in [1.29, 1.82) is 0 Å². The molecule has 0 heterocycles. The molecule has 0 amide bonds. The summed E-state index contributed by atoms with van der Waals surface area (Å²) in [5, 5.41) is 8.76. The molecule has 0 fully saturated rings. The van der Waals surface area contributed by atoms with Crippen LogP contribution in [0.5, 0.6) is 0 Å². The summed E-state index contributed by atoms with van der Waals surface area (Å²) in [5.74, 6) is -0.867. The van der Waals surface area contributed by atoms with Gasteiger partial charge >= 0.3 is 5.97 Å². The predicted molar refractivity (Wildman–Crippen MR) is 114 cm³/mol. The van der Waals surface area contributed by atoms with Crippen molar-refractivity contribution >= 4 is 11.8 Å². The molecular weight excluding hydrogens is 380 g/mol. The van der Waals surface area contributed by atoms with Crippen molar-refractivity contribution < 1.29 is 33.6 Å². The standard InChI is InChI=1S/C18H36N2O7.2CH4/c1-16(21)4-10-26-14-18(12-24-8-2-6-19,13-25-9-3-7-20)15-27-11-5-17(22)23;;/h2-15,19-20H2,1H3,(H,22,23);2*1H4. The number of rotatable bonds is 20. The number of carbonyl (C=O) groups excluding carboxylic acids is 1. The van der Waals surface area contributed by atoms with Gasteiger partial charge in [-0.3, -0.25) is 9.59 Å². The van der Waals surface area contributed by atoms with Crippen molar-refractivity contribution in [2.24, 2.45) is 16.9 Å². The van der Waals surface area contributed by atoms with Crippen molar-refractivity contribution in [2.75, 3.05) is 65.9 Å². The Morgan fingerprint density at radius 2 is 1.14 bits per heavy atom. The summed E-state index contributed by atoms with van der Waals surface area (Å²) in [7, 11) is 0. The third-order valence-electron chi connectivity index (χ3n) is 3.68. The largest absolute Gasteiger partial charge is 0.481 e. The smallest absolute Gasteiger partial charge is 0.305 e. The van der Waals surface area contributed by atoms with Crippen molar-refractivity contribution in [2.45, 2.75) is 47.5 Å². The Bertz CT molecular complexity index is 359. The van der Waals surface area contributed by atoms with E-state index in [9.17, 15) is 9.59 Å². The maximum Gasteiger partial charge on any atom is 0.305 e. The highest BCUT2D eigenvalue weighted by Crippen LogP contribution is 2.21. The topological polar surface area (TPSA) is 143 Å². The minimum Gasteiger partial charge on any atom is -0.481 e. The lowest BCUT2D eigenvalue weighted by molar-refractivity contribution is -0.140. The molecule has 0 rings (SSSR count). The Morgan fingerprint density at radius 3 is 1.48 bits per heavy atom. The summed E-state index contributed by atoms with van der Waals surface area (Å²) < 4.78 is 22.7. The van der Waals surface area contributed by atoms with E-state index in [4.69, 9.17) is 35.5 Å². The van der Waals surface area contributed by atoms with Crippen LogP contribution >= 0.6 is 0 Å². The SMILES string of the molecule is C.C.CC(=O)CCOCC(COCCCN)(COCCCN)COCCC(=O)O. The summed E-state index contributed by atoms with van der Waals surface area (Å²) in [4.78, 5) is 21.8. The molecule has 5 N–H and O–H groups in total. The van der Waals surface area contributed by atoms with E-state index in [1.807, 2.05) is 0 Å². The van der Waals surface area contributed by atoms with Gasteiger partial charge in [0.05, 0.1) is 51.5 Å². The fourth-order valence-electron chi connectivity index (χ4n) is 2.15. The van der Waals surface area contributed by atoms with Crippen LogP contribution in [0.15, 0.2) is 0 Å². The molecule has 0 atom stereocenters. The fraction of sp³-hybridized carbons (Fsp3) is 0.900. The van der Waals surface area contributed by atoms with Gasteiger partial charge in [0.15, 0.2) is 0 Å². The van der Waals surface area contributed by atoms with Crippen molar-refractivity contribution in [3.05, 3.63) is 0 Å². The second kappa shape index (κ2) is 21.6. The summed E-state index contributed by atoms with van der Waals surface area (Å²) in [5.41, 5.74) is 10.4. The second-order valence-electron chi connectivity index (χ2n) is 6.59. The van der Waals surface area contributed by atoms with Gasteiger partial charge in [0, 0.05) is 19.6 Å². The normalized spacial score (nSPS) is 10.9. The maximum absolute atomic E-state index is 11.1. The van der Waals surface area contributed by atoms with Gasteiger partial charge in [-0.25, -0.2) is 0 Å². The Morgan fingerprint density at radius 1 is 0.759 bits per heavy atom. The molecule has 0 aliphatic heterocycles. The average Bonchev–Trinajstić information content (AvgIpc) is 2.62. The van der Waals surface area contributed by atoms with Crippen LogP contribution in [-0.2, 0) is 28.5 Å². The van der Waals surface area contributed by atoms with Crippen molar-refractivity contribution in [3.8, 4) is 0 Å². The van der Waals surface area contributed by atoms with E-state index in [1.54, 1.807) is 0 Å². The molecule has 0 unspecified atom stereocenters. The zero-order valence-corrected chi connectivity index (χ0v) is 16.5. The van der Waals surface area contributed by atoms with Crippen LogP contribution in [0.4, 0.5) is 0 Å². The van der Waals surface area contributed by atoms with E-state index < -0.39 is 11.4 Å². The molecule has 0 spiro atoms. The summed E-state index contributed by atoms with van der Waals surface area (Å²) in [6, 6.07) is 0. The van der Waals surface area contributed by atoms with Gasteiger partial charge < -0.3 is 35.5 Å². The average molecular weight is 425 g/mol. The van der Waals surface area contributed by atoms with Gasteiger partial charge in [-0.1, -0.05) is 14.9 Å². The number of Topliss-reactive ketones (excluding diaryl/α,β-unsaturated/α-hetero) is 1. The number of nitrogens with two attached hydrogens (primary N) is 2. The molecule has 0 radical (unpaired) electrons. The first-order valence-electron chi connectivity index (χ1n) is 9.38. The Balaban J connectivity index is -0.00000338. The summed E-state index contributed by atoms with van der Waals surface area (Å²) in [6.07, 6.45) is 1.71. The van der Waals surface area contributed by atoms with Crippen LogP contribution in [0.3, 0.4) is 0 Å². The first kappa shape index (κ1) is 32.6. The Hall–Kier alpha value is -1.10. The summed E-state index contributed by atoms with van der Waals surface area (Å²) in [6.45, 7) is 5.13. The van der Waals surface area contributed by atoms with Crippen LogP contribution in [0.2, 0.25) is 0 Å². The molecule has 0 aliphatic rings. The lowest BCUT2D eigenvalue weighted by Gasteiger charge is -2.33. The van der Waals surface area contributed by atoms with E-state index in [2.05, 4.69) is 0 Å². The van der Waals surface area contributed by atoms with Crippen LogP contribution in [0.1, 0.15) is 47.5 Å². The molecule has 0 saturated heterocycles. The van der Waals surface area contributed by atoms with E-state index in [0.29, 0.717) is 52.5 Å². The van der Waals surface area contributed by atoms with E-state index in [1.165, 1.54) is 6.92 Å². The Labute approximate surface area is 176 Å².